The maximum absolute atomic E-state index is 10.4. The lowest BCUT2D eigenvalue weighted by atomic mass is 10.2. The molecule has 0 aliphatic carbocycles. The predicted molar refractivity (Wildman–Crippen MR) is 52.6 cm³/mol. The summed E-state index contributed by atoms with van der Waals surface area (Å²) in [7, 11) is 0. The van der Waals surface area contributed by atoms with Crippen molar-refractivity contribution in [2.45, 2.75) is 10.3 Å². The Balaban J connectivity index is 2.70. The number of nitriles is 1. The highest BCUT2D eigenvalue weighted by Gasteiger charge is 2.12. The van der Waals surface area contributed by atoms with E-state index in [2.05, 4.69) is 0 Å². The third-order valence-electron chi connectivity index (χ3n) is 1.49. The average molecular weight is 208 g/mol. The van der Waals surface area contributed by atoms with Crippen molar-refractivity contribution in [1.82, 2.24) is 0 Å². The summed E-state index contributed by atoms with van der Waals surface area (Å²) >= 11 is 1.04. The molecule has 5 heteroatoms. The van der Waals surface area contributed by atoms with Crippen LogP contribution in [-0.2, 0) is 4.79 Å². The highest BCUT2D eigenvalue weighted by Crippen LogP contribution is 2.20. The first kappa shape index (κ1) is 10.6. The van der Waals surface area contributed by atoms with Crippen LogP contribution in [0.25, 0.3) is 0 Å². The van der Waals surface area contributed by atoms with Crippen LogP contribution < -0.4 is 5.73 Å². The predicted octanol–water partition coefficient (Wildman–Crippen LogP) is 1.02. The van der Waals surface area contributed by atoms with E-state index in [-0.39, 0.29) is 0 Å². The number of thioether (sulfide) groups is 1. The first-order valence-electron chi connectivity index (χ1n) is 3.78. The lowest BCUT2D eigenvalue weighted by molar-refractivity contribution is -0.136. The minimum absolute atomic E-state index is 0.540. The summed E-state index contributed by atoms with van der Waals surface area (Å²) in [6.07, 6.45) is 0. The summed E-state index contributed by atoms with van der Waals surface area (Å²) in [6.45, 7) is 0. The van der Waals surface area contributed by atoms with Crippen molar-refractivity contribution in [2.75, 3.05) is 0 Å². The fourth-order valence-corrected chi connectivity index (χ4v) is 1.49. The molecule has 1 unspecified atom stereocenters. The number of hydrogen-bond donors (Lipinski definition) is 2. The number of nitrogens with two attached hydrogens (primary N) is 1. The SMILES string of the molecule is N#Cc1ccc(SC(N)C(=O)O)cc1. The van der Waals surface area contributed by atoms with Crippen molar-refractivity contribution in [3.8, 4) is 6.07 Å². The molecular formula is C9H8N2O2S. The van der Waals surface area contributed by atoms with Crippen molar-refractivity contribution in [1.29, 1.82) is 5.26 Å². The van der Waals surface area contributed by atoms with Gasteiger partial charge in [-0.2, -0.15) is 5.26 Å². The van der Waals surface area contributed by atoms with Gasteiger partial charge in [0.15, 0.2) is 5.37 Å². The van der Waals surface area contributed by atoms with E-state index in [0.29, 0.717) is 5.56 Å². The molecule has 0 aromatic heterocycles. The van der Waals surface area contributed by atoms with Crippen LogP contribution in [0, 0.1) is 11.3 Å². The number of carboxylic acids is 1. The Labute approximate surface area is 85.3 Å². The van der Waals surface area contributed by atoms with Crippen LogP contribution in [0.15, 0.2) is 29.2 Å². The van der Waals surface area contributed by atoms with E-state index < -0.39 is 11.3 Å². The second-order valence-electron chi connectivity index (χ2n) is 2.51. The molecule has 1 aromatic rings. The van der Waals surface area contributed by atoms with E-state index >= 15 is 0 Å². The van der Waals surface area contributed by atoms with Crippen molar-refractivity contribution >= 4 is 17.7 Å². The summed E-state index contributed by atoms with van der Waals surface area (Å²) < 4.78 is 0. The second kappa shape index (κ2) is 4.65. The Hall–Kier alpha value is -1.51. The fourth-order valence-electron chi connectivity index (χ4n) is 0.805. The van der Waals surface area contributed by atoms with Gasteiger partial charge in [0.1, 0.15) is 0 Å². The summed E-state index contributed by atoms with van der Waals surface area (Å²) in [5, 5.41) is 16.1. The number of benzene rings is 1. The molecule has 0 saturated carbocycles. The van der Waals surface area contributed by atoms with Gasteiger partial charge in [-0.05, 0) is 24.3 Å². The zero-order chi connectivity index (χ0) is 10.6. The molecule has 0 bridgehead atoms. The van der Waals surface area contributed by atoms with Gasteiger partial charge in [-0.15, -0.1) is 0 Å². The van der Waals surface area contributed by atoms with Gasteiger partial charge >= 0.3 is 5.97 Å². The molecule has 72 valence electrons. The third kappa shape index (κ3) is 2.76. The van der Waals surface area contributed by atoms with E-state index in [1.807, 2.05) is 6.07 Å². The monoisotopic (exact) mass is 208 g/mol. The molecule has 1 atom stereocenters. The molecule has 1 rings (SSSR count). The number of rotatable bonds is 3. The molecule has 0 spiro atoms. The normalized spacial score (nSPS) is 11.7. The quantitative estimate of drug-likeness (QED) is 0.572. The molecule has 0 amide bonds. The second-order valence-corrected chi connectivity index (χ2v) is 3.73. The minimum Gasteiger partial charge on any atom is -0.479 e. The van der Waals surface area contributed by atoms with Crippen LogP contribution in [0.3, 0.4) is 0 Å². The van der Waals surface area contributed by atoms with E-state index in [1.54, 1.807) is 24.3 Å². The fraction of sp³-hybridized carbons (Fsp3) is 0.111. The van der Waals surface area contributed by atoms with Gasteiger partial charge in [0.05, 0.1) is 11.6 Å². The zero-order valence-corrected chi connectivity index (χ0v) is 7.99. The van der Waals surface area contributed by atoms with Crippen LogP contribution in [0.4, 0.5) is 0 Å². The maximum Gasteiger partial charge on any atom is 0.331 e. The molecule has 1 aromatic carbocycles. The van der Waals surface area contributed by atoms with E-state index in [1.165, 1.54) is 0 Å². The molecule has 0 saturated heterocycles. The number of aliphatic carboxylic acids is 1. The maximum atomic E-state index is 10.4. The smallest absolute Gasteiger partial charge is 0.331 e. The van der Waals surface area contributed by atoms with Crippen LogP contribution in [0.5, 0.6) is 0 Å². The molecule has 0 aliphatic rings. The Kier molecular flexibility index (Phi) is 3.51. The largest absolute Gasteiger partial charge is 0.479 e. The Morgan fingerprint density at radius 3 is 2.50 bits per heavy atom. The molecule has 0 aliphatic heterocycles. The van der Waals surface area contributed by atoms with Gasteiger partial charge in [-0.25, -0.2) is 4.79 Å². The molecule has 0 heterocycles. The standard InChI is InChI=1S/C9H8N2O2S/c10-5-6-1-3-7(4-2-6)14-8(11)9(12)13/h1-4,8H,11H2,(H,12,13). The lowest BCUT2D eigenvalue weighted by Gasteiger charge is -2.05. The Morgan fingerprint density at radius 2 is 2.07 bits per heavy atom. The van der Waals surface area contributed by atoms with E-state index in [4.69, 9.17) is 16.1 Å². The molecule has 3 N–H and O–H groups in total. The average Bonchev–Trinajstić information content (AvgIpc) is 2.19. The van der Waals surface area contributed by atoms with E-state index in [0.717, 1.165) is 16.7 Å². The topological polar surface area (TPSA) is 87.1 Å². The number of carboxylic acid groups (broad SMARTS) is 1. The number of hydrogen-bond acceptors (Lipinski definition) is 4. The first-order chi connectivity index (χ1) is 6.63. The van der Waals surface area contributed by atoms with Gasteiger partial charge in [0.25, 0.3) is 0 Å². The highest BCUT2D eigenvalue weighted by molar-refractivity contribution is 8.00. The Bertz CT molecular complexity index is 369. The van der Waals surface area contributed by atoms with Gasteiger partial charge in [0.2, 0.25) is 0 Å². The van der Waals surface area contributed by atoms with Crippen LogP contribution in [-0.4, -0.2) is 16.4 Å². The van der Waals surface area contributed by atoms with Crippen molar-refractivity contribution in [3.63, 3.8) is 0 Å². The molecular weight excluding hydrogens is 200 g/mol. The molecule has 4 nitrogen and oxygen atoms in total. The van der Waals surface area contributed by atoms with Crippen LogP contribution >= 0.6 is 11.8 Å². The summed E-state index contributed by atoms with van der Waals surface area (Å²) in [6, 6.07) is 8.56. The minimum atomic E-state index is -1.06. The molecule has 14 heavy (non-hydrogen) atoms. The zero-order valence-electron chi connectivity index (χ0n) is 7.18. The highest BCUT2D eigenvalue weighted by atomic mass is 32.2. The van der Waals surface area contributed by atoms with Crippen molar-refractivity contribution in [3.05, 3.63) is 29.8 Å². The lowest BCUT2D eigenvalue weighted by Crippen LogP contribution is -2.25. The third-order valence-corrected chi connectivity index (χ3v) is 2.49. The molecule has 0 fully saturated rings. The van der Waals surface area contributed by atoms with Gasteiger partial charge in [-0.3, -0.25) is 0 Å². The Morgan fingerprint density at radius 1 is 1.50 bits per heavy atom. The molecule has 0 radical (unpaired) electrons. The summed E-state index contributed by atoms with van der Waals surface area (Å²) in [4.78, 5) is 11.2. The number of nitrogens with zero attached hydrogens (tertiary/aromatic N) is 1. The first-order valence-corrected chi connectivity index (χ1v) is 4.66. The summed E-state index contributed by atoms with van der Waals surface area (Å²) in [5.74, 6) is -1.06. The van der Waals surface area contributed by atoms with Gasteiger partial charge in [-0.1, -0.05) is 11.8 Å². The number of carbonyl (C=O) groups is 1. The van der Waals surface area contributed by atoms with Crippen LogP contribution in [0.1, 0.15) is 5.56 Å². The van der Waals surface area contributed by atoms with Crippen molar-refractivity contribution in [2.24, 2.45) is 5.73 Å². The van der Waals surface area contributed by atoms with Gasteiger partial charge < -0.3 is 10.8 Å². The van der Waals surface area contributed by atoms with Gasteiger partial charge in [0, 0.05) is 4.90 Å². The van der Waals surface area contributed by atoms with E-state index in [9.17, 15) is 4.79 Å². The summed E-state index contributed by atoms with van der Waals surface area (Å²) in [5.41, 5.74) is 5.86. The van der Waals surface area contributed by atoms with Crippen LogP contribution in [0.2, 0.25) is 0 Å². The van der Waals surface area contributed by atoms with Crippen molar-refractivity contribution < 1.29 is 9.90 Å².